The Labute approximate surface area is 127 Å². The van der Waals surface area contributed by atoms with Crippen molar-refractivity contribution in [2.75, 3.05) is 26.3 Å². The molecule has 0 N–H and O–H groups in total. The number of benzene rings is 1. The van der Waals surface area contributed by atoms with Crippen molar-refractivity contribution < 1.29 is 18.8 Å². The van der Waals surface area contributed by atoms with Gasteiger partial charge in [-0.15, -0.1) is 0 Å². The molecular formula is C15H17N3O4. The van der Waals surface area contributed by atoms with Crippen LogP contribution in [0, 0.1) is 6.92 Å². The molecule has 1 aliphatic heterocycles. The summed E-state index contributed by atoms with van der Waals surface area (Å²) in [4.78, 5) is 18.1. The fourth-order valence-electron chi connectivity index (χ4n) is 2.19. The summed E-state index contributed by atoms with van der Waals surface area (Å²) in [5.74, 6) is 1.67. The fourth-order valence-corrected chi connectivity index (χ4v) is 2.19. The Morgan fingerprint density at radius 2 is 2.00 bits per heavy atom. The molecule has 1 saturated heterocycles. The molecule has 116 valence electrons. The molecule has 1 aliphatic rings. The minimum Gasteiger partial charge on any atom is -0.485 e. The molecule has 0 saturated carbocycles. The molecule has 1 aromatic carbocycles. The monoisotopic (exact) mass is 303 g/mol. The van der Waals surface area contributed by atoms with Gasteiger partial charge in [0.05, 0.1) is 13.2 Å². The minimum atomic E-state index is 0.0173. The van der Waals surface area contributed by atoms with E-state index in [0.29, 0.717) is 49.3 Å². The second-order valence-corrected chi connectivity index (χ2v) is 4.95. The quantitative estimate of drug-likeness (QED) is 0.850. The third-order valence-electron chi connectivity index (χ3n) is 3.34. The summed E-state index contributed by atoms with van der Waals surface area (Å²) in [5.41, 5.74) is 0.643. The van der Waals surface area contributed by atoms with Gasteiger partial charge in [-0.3, -0.25) is 4.79 Å². The van der Waals surface area contributed by atoms with E-state index in [-0.39, 0.29) is 12.5 Å². The molecule has 0 bridgehead atoms. The van der Waals surface area contributed by atoms with Gasteiger partial charge in [0.25, 0.3) is 5.91 Å². The van der Waals surface area contributed by atoms with Gasteiger partial charge in [-0.2, -0.15) is 4.98 Å². The number of carbonyl (C=O) groups excluding carboxylic acids is 1. The second-order valence-electron chi connectivity index (χ2n) is 4.95. The zero-order valence-corrected chi connectivity index (χ0v) is 12.3. The van der Waals surface area contributed by atoms with Crippen molar-refractivity contribution in [3.05, 3.63) is 41.5 Å². The van der Waals surface area contributed by atoms with Crippen molar-refractivity contribution in [3.63, 3.8) is 0 Å². The van der Waals surface area contributed by atoms with Gasteiger partial charge in [0, 0.05) is 25.6 Å². The van der Waals surface area contributed by atoms with Gasteiger partial charge in [-0.25, -0.2) is 0 Å². The molecule has 0 radical (unpaired) electrons. The molecule has 0 unspecified atom stereocenters. The maximum absolute atomic E-state index is 12.3. The highest BCUT2D eigenvalue weighted by Gasteiger charge is 2.18. The Hall–Kier alpha value is -2.41. The van der Waals surface area contributed by atoms with Crippen LogP contribution in [0.3, 0.4) is 0 Å². The van der Waals surface area contributed by atoms with E-state index < -0.39 is 0 Å². The average molecular weight is 303 g/mol. The van der Waals surface area contributed by atoms with Crippen LogP contribution in [0.2, 0.25) is 0 Å². The van der Waals surface area contributed by atoms with E-state index in [1.807, 2.05) is 0 Å². The number of hydrogen-bond acceptors (Lipinski definition) is 6. The van der Waals surface area contributed by atoms with Crippen LogP contribution in [0.4, 0.5) is 0 Å². The minimum absolute atomic E-state index is 0.0173. The molecule has 7 nitrogen and oxygen atoms in total. The Morgan fingerprint density at radius 3 is 2.64 bits per heavy atom. The summed E-state index contributed by atoms with van der Waals surface area (Å²) in [6, 6.07) is 7.05. The first kappa shape index (κ1) is 14.5. The van der Waals surface area contributed by atoms with Crippen molar-refractivity contribution in [2.45, 2.75) is 13.5 Å². The molecule has 0 atom stereocenters. The maximum atomic E-state index is 12.3. The van der Waals surface area contributed by atoms with Crippen molar-refractivity contribution >= 4 is 5.91 Å². The molecule has 0 aliphatic carbocycles. The van der Waals surface area contributed by atoms with E-state index >= 15 is 0 Å². The standard InChI is InChI=1S/C15H17N3O4/c1-11-16-14(17-22-11)10-21-13-4-2-12(3-5-13)15(19)18-6-8-20-9-7-18/h2-5H,6-10H2,1H3. The van der Waals surface area contributed by atoms with E-state index in [1.165, 1.54) is 0 Å². The van der Waals surface area contributed by atoms with Gasteiger partial charge in [0.2, 0.25) is 11.7 Å². The number of rotatable bonds is 4. The first-order chi connectivity index (χ1) is 10.7. The second kappa shape index (κ2) is 6.57. The zero-order valence-electron chi connectivity index (χ0n) is 12.3. The number of aromatic nitrogens is 2. The molecule has 22 heavy (non-hydrogen) atoms. The Morgan fingerprint density at radius 1 is 1.27 bits per heavy atom. The Kier molecular flexibility index (Phi) is 4.34. The van der Waals surface area contributed by atoms with Crippen LogP contribution >= 0.6 is 0 Å². The fraction of sp³-hybridized carbons (Fsp3) is 0.400. The molecule has 2 aromatic rings. The first-order valence-corrected chi connectivity index (χ1v) is 7.11. The van der Waals surface area contributed by atoms with Crippen LogP contribution in [0.15, 0.2) is 28.8 Å². The third-order valence-corrected chi connectivity index (χ3v) is 3.34. The van der Waals surface area contributed by atoms with E-state index in [1.54, 1.807) is 36.1 Å². The zero-order chi connectivity index (χ0) is 15.4. The van der Waals surface area contributed by atoms with Crippen molar-refractivity contribution in [1.82, 2.24) is 15.0 Å². The van der Waals surface area contributed by atoms with Gasteiger partial charge in [0.15, 0.2) is 6.61 Å². The normalized spacial score (nSPS) is 14.9. The van der Waals surface area contributed by atoms with Gasteiger partial charge < -0.3 is 18.9 Å². The predicted octanol–water partition coefficient (Wildman–Crippen LogP) is 1.43. The number of hydrogen-bond donors (Lipinski definition) is 0. The van der Waals surface area contributed by atoms with Crippen LogP contribution < -0.4 is 4.74 Å². The molecule has 1 fully saturated rings. The summed E-state index contributed by atoms with van der Waals surface area (Å²) in [6.45, 7) is 4.41. The number of carbonyl (C=O) groups is 1. The Balaban J connectivity index is 1.58. The van der Waals surface area contributed by atoms with Gasteiger partial charge in [-0.1, -0.05) is 5.16 Å². The molecule has 0 spiro atoms. The van der Waals surface area contributed by atoms with E-state index in [4.69, 9.17) is 14.0 Å². The lowest BCUT2D eigenvalue weighted by Crippen LogP contribution is -2.40. The highest BCUT2D eigenvalue weighted by molar-refractivity contribution is 5.94. The number of aryl methyl sites for hydroxylation is 1. The van der Waals surface area contributed by atoms with Crippen LogP contribution in [-0.2, 0) is 11.3 Å². The molecular weight excluding hydrogens is 286 g/mol. The van der Waals surface area contributed by atoms with Crippen molar-refractivity contribution in [3.8, 4) is 5.75 Å². The van der Waals surface area contributed by atoms with Crippen LogP contribution in [-0.4, -0.2) is 47.3 Å². The van der Waals surface area contributed by atoms with E-state index in [0.717, 1.165) is 0 Å². The van der Waals surface area contributed by atoms with Crippen LogP contribution in [0.25, 0.3) is 0 Å². The molecule has 7 heteroatoms. The first-order valence-electron chi connectivity index (χ1n) is 7.11. The van der Waals surface area contributed by atoms with Crippen LogP contribution in [0.5, 0.6) is 5.75 Å². The molecule has 3 rings (SSSR count). The van der Waals surface area contributed by atoms with Crippen molar-refractivity contribution in [1.29, 1.82) is 0 Å². The lowest BCUT2D eigenvalue weighted by Gasteiger charge is -2.26. The summed E-state index contributed by atoms with van der Waals surface area (Å²) in [6.07, 6.45) is 0. The summed E-state index contributed by atoms with van der Waals surface area (Å²) < 4.78 is 15.7. The SMILES string of the molecule is Cc1nc(COc2ccc(C(=O)N3CCOCC3)cc2)no1. The lowest BCUT2D eigenvalue weighted by atomic mass is 10.2. The third kappa shape index (κ3) is 3.43. The van der Waals surface area contributed by atoms with E-state index in [2.05, 4.69) is 10.1 Å². The summed E-state index contributed by atoms with van der Waals surface area (Å²) in [7, 11) is 0. The van der Waals surface area contributed by atoms with E-state index in [9.17, 15) is 4.79 Å². The van der Waals surface area contributed by atoms with Gasteiger partial charge in [-0.05, 0) is 24.3 Å². The maximum Gasteiger partial charge on any atom is 0.254 e. The number of ether oxygens (including phenoxy) is 2. The number of nitrogens with zero attached hydrogens (tertiary/aromatic N) is 3. The highest BCUT2D eigenvalue weighted by atomic mass is 16.5. The number of amides is 1. The summed E-state index contributed by atoms with van der Waals surface area (Å²) in [5, 5.41) is 3.75. The van der Waals surface area contributed by atoms with Crippen LogP contribution in [0.1, 0.15) is 22.1 Å². The van der Waals surface area contributed by atoms with Crippen molar-refractivity contribution in [2.24, 2.45) is 0 Å². The topological polar surface area (TPSA) is 77.7 Å². The van der Waals surface area contributed by atoms with Gasteiger partial charge >= 0.3 is 0 Å². The molecule has 1 aromatic heterocycles. The molecule has 2 heterocycles. The largest absolute Gasteiger partial charge is 0.485 e. The smallest absolute Gasteiger partial charge is 0.254 e. The average Bonchev–Trinajstić information content (AvgIpc) is 2.99. The van der Waals surface area contributed by atoms with Gasteiger partial charge in [0.1, 0.15) is 5.75 Å². The Bertz CT molecular complexity index is 632. The summed E-state index contributed by atoms with van der Waals surface area (Å²) >= 11 is 0. The molecule has 1 amide bonds. The predicted molar refractivity (Wildman–Crippen MR) is 76.5 cm³/mol. The number of morpholine rings is 1. The highest BCUT2D eigenvalue weighted by Crippen LogP contribution is 2.15. The lowest BCUT2D eigenvalue weighted by molar-refractivity contribution is 0.0303.